The topological polar surface area (TPSA) is 43.8 Å². The largest absolute Gasteiger partial charge is 0.325 e. The Bertz CT molecular complexity index is 767. The van der Waals surface area contributed by atoms with Crippen LogP contribution < -0.4 is 5.73 Å². The number of hydrogen-bond acceptors (Lipinski definition) is 2. The van der Waals surface area contributed by atoms with Crippen molar-refractivity contribution in [1.29, 1.82) is 0 Å². The van der Waals surface area contributed by atoms with Crippen molar-refractivity contribution in [2.24, 2.45) is 5.73 Å². The predicted octanol–water partition coefficient (Wildman–Crippen LogP) is 3.34. The van der Waals surface area contributed by atoms with Crippen LogP contribution in [-0.4, -0.2) is 9.78 Å². The van der Waals surface area contributed by atoms with Gasteiger partial charge >= 0.3 is 0 Å². The molecule has 5 heteroatoms. The summed E-state index contributed by atoms with van der Waals surface area (Å²) in [4.78, 5) is 0. The number of rotatable bonds is 3. The van der Waals surface area contributed by atoms with E-state index in [4.69, 9.17) is 17.3 Å². The van der Waals surface area contributed by atoms with E-state index in [1.54, 1.807) is 16.8 Å². The Balaban J connectivity index is 2.09. The summed E-state index contributed by atoms with van der Waals surface area (Å²) < 4.78 is 15.7. The van der Waals surface area contributed by atoms with Crippen LogP contribution in [-0.2, 0) is 13.1 Å². The average Bonchev–Trinajstić information content (AvgIpc) is 2.82. The molecule has 0 saturated carbocycles. The van der Waals surface area contributed by atoms with Crippen LogP contribution in [0.3, 0.4) is 0 Å². The molecule has 102 valence electrons. The number of fused-ring (bicyclic) bond motifs is 1. The fraction of sp³-hybridized carbons (Fsp3) is 0.133. The zero-order valence-corrected chi connectivity index (χ0v) is 11.4. The number of para-hydroxylation sites is 1. The van der Waals surface area contributed by atoms with Gasteiger partial charge in [0.15, 0.2) is 0 Å². The lowest BCUT2D eigenvalue weighted by atomic mass is 10.2. The highest BCUT2D eigenvalue weighted by molar-refractivity contribution is 6.30. The van der Waals surface area contributed by atoms with Gasteiger partial charge in [-0.1, -0.05) is 41.9 Å². The number of hydrogen-bond donors (Lipinski definition) is 1. The van der Waals surface area contributed by atoms with Gasteiger partial charge in [0.05, 0.1) is 22.8 Å². The number of nitrogens with two attached hydrogens (primary N) is 1. The third-order valence-electron chi connectivity index (χ3n) is 3.28. The summed E-state index contributed by atoms with van der Waals surface area (Å²) in [5.41, 5.74) is 7.96. The van der Waals surface area contributed by atoms with Crippen LogP contribution >= 0.6 is 11.6 Å². The zero-order chi connectivity index (χ0) is 14.1. The average molecular weight is 290 g/mol. The molecule has 0 amide bonds. The van der Waals surface area contributed by atoms with E-state index >= 15 is 0 Å². The van der Waals surface area contributed by atoms with E-state index in [1.165, 1.54) is 6.07 Å². The third kappa shape index (κ3) is 2.17. The first-order valence-electron chi connectivity index (χ1n) is 6.28. The Morgan fingerprint density at radius 1 is 1.15 bits per heavy atom. The van der Waals surface area contributed by atoms with Gasteiger partial charge in [-0.15, -0.1) is 0 Å². The van der Waals surface area contributed by atoms with E-state index in [9.17, 15) is 4.39 Å². The van der Waals surface area contributed by atoms with Crippen molar-refractivity contribution in [3.63, 3.8) is 0 Å². The van der Waals surface area contributed by atoms with Crippen LogP contribution in [0.2, 0.25) is 5.02 Å². The summed E-state index contributed by atoms with van der Waals surface area (Å²) in [7, 11) is 0. The Hall–Kier alpha value is -1.91. The molecule has 0 bridgehead atoms. The Morgan fingerprint density at radius 3 is 2.75 bits per heavy atom. The Kier molecular flexibility index (Phi) is 3.42. The molecular formula is C15H13ClFN3. The van der Waals surface area contributed by atoms with Crippen molar-refractivity contribution in [3.05, 3.63) is 64.6 Å². The molecule has 3 nitrogen and oxygen atoms in total. The molecule has 0 aliphatic carbocycles. The highest BCUT2D eigenvalue weighted by Crippen LogP contribution is 2.22. The van der Waals surface area contributed by atoms with E-state index in [0.717, 1.165) is 16.6 Å². The first kappa shape index (κ1) is 13.1. The minimum atomic E-state index is -0.400. The van der Waals surface area contributed by atoms with Crippen molar-refractivity contribution < 1.29 is 4.39 Å². The van der Waals surface area contributed by atoms with Crippen LogP contribution in [0.5, 0.6) is 0 Å². The molecule has 0 spiro atoms. The first-order valence-corrected chi connectivity index (χ1v) is 6.66. The molecular weight excluding hydrogens is 277 g/mol. The van der Waals surface area contributed by atoms with Gasteiger partial charge in [0.1, 0.15) is 5.82 Å². The highest BCUT2D eigenvalue weighted by Gasteiger charge is 2.12. The lowest BCUT2D eigenvalue weighted by Gasteiger charge is -2.06. The van der Waals surface area contributed by atoms with Gasteiger partial charge in [-0.25, -0.2) is 4.39 Å². The number of aromatic nitrogens is 2. The maximum absolute atomic E-state index is 14.0. The summed E-state index contributed by atoms with van der Waals surface area (Å²) in [5, 5.41) is 5.58. The summed E-state index contributed by atoms with van der Waals surface area (Å²) in [5.74, 6) is -0.400. The smallest absolute Gasteiger partial charge is 0.146 e. The lowest BCUT2D eigenvalue weighted by Crippen LogP contribution is -2.05. The van der Waals surface area contributed by atoms with Crippen molar-refractivity contribution in [2.45, 2.75) is 13.1 Å². The molecule has 3 rings (SSSR count). The van der Waals surface area contributed by atoms with E-state index in [0.29, 0.717) is 18.7 Å². The highest BCUT2D eigenvalue weighted by atomic mass is 35.5. The van der Waals surface area contributed by atoms with E-state index in [-0.39, 0.29) is 5.02 Å². The third-order valence-corrected chi connectivity index (χ3v) is 3.57. The molecule has 20 heavy (non-hydrogen) atoms. The standard InChI is InChI=1S/C15H13ClFN3/c16-12-6-3-4-10(15(12)17)9-20-14-7-2-1-5-11(14)13(8-18)19-20/h1-7H,8-9,18H2. The van der Waals surface area contributed by atoms with Crippen molar-refractivity contribution in [1.82, 2.24) is 9.78 Å². The lowest BCUT2D eigenvalue weighted by molar-refractivity contribution is 0.588. The maximum atomic E-state index is 14.0. The second kappa shape index (κ2) is 5.23. The fourth-order valence-corrected chi connectivity index (χ4v) is 2.49. The summed E-state index contributed by atoms with van der Waals surface area (Å²) in [6.45, 7) is 0.679. The molecule has 0 saturated heterocycles. The minimum Gasteiger partial charge on any atom is -0.325 e. The molecule has 2 N–H and O–H groups in total. The van der Waals surface area contributed by atoms with Crippen LogP contribution in [0, 0.1) is 5.82 Å². The van der Waals surface area contributed by atoms with Crippen LogP contribution in [0.4, 0.5) is 4.39 Å². The molecule has 0 atom stereocenters. The van der Waals surface area contributed by atoms with Gasteiger partial charge in [0.2, 0.25) is 0 Å². The molecule has 3 aromatic rings. The van der Waals surface area contributed by atoms with Crippen LogP contribution in [0.25, 0.3) is 10.9 Å². The van der Waals surface area contributed by atoms with E-state index < -0.39 is 5.82 Å². The SMILES string of the molecule is NCc1nn(Cc2cccc(Cl)c2F)c2ccccc12. The summed E-state index contributed by atoms with van der Waals surface area (Å²) >= 11 is 5.81. The summed E-state index contributed by atoms with van der Waals surface area (Å²) in [6, 6.07) is 12.8. The molecule has 0 aliphatic heterocycles. The summed E-state index contributed by atoms with van der Waals surface area (Å²) in [6.07, 6.45) is 0. The van der Waals surface area contributed by atoms with Crippen molar-refractivity contribution in [3.8, 4) is 0 Å². The van der Waals surface area contributed by atoms with Crippen molar-refractivity contribution >= 4 is 22.5 Å². The molecule has 0 radical (unpaired) electrons. The first-order chi connectivity index (χ1) is 9.70. The van der Waals surface area contributed by atoms with Gasteiger partial charge in [-0.2, -0.15) is 5.10 Å². The van der Waals surface area contributed by atoms with Gasteiger partial charge in [0.25, 0.3) is 0 Å². The van der Waals surface area contributed by atoms with Crippen molar-refractivity contribution in [2.75, 3.05) is 0 Å². The predicted molar refractivity (Wildman–Crippen MR) is 78.1 cm³/mol. The Morgan fingerprint density at radius 2 is 1.95 bits per heavy atom. The van der Waals surface area contributed by atoms with E-state index in [2.05, 4.69) is 5.10 Å². The number of nitrogens with zero attached hydrogens (tertiary/aromatic N) is 2. The van der Waals surface area contributed by atoms with Gasteiger partial charge < -0.3 is 5.73 Å². The quantitative estimate of drug-likeness (QED) is 0.804. The molecule has 2 aromatic carbocycles. The maximum Gasteiger partial charge on any atom is 0.146 e. The molecule has 1 aromatic heterocycles. The van der Waals surface area contributed by atoms with E-state index in [1.807, 2.05) is 24.3 Å². The van der Waals surface area contributed by atoms with Crippen LogP contribution in [0.1, 0.15) is 11.3 Å². The van der Waals surface area contributed by atoms with Gasteiger partial charge in [0, 0.05) is 17.5 Å². The normalized spacial score (nSPS) is 11.2. The zero-order valence-electron chi connectivity index (χ0n) is 10.7. The number of benzene rings is 2. The van der Waals surface area contributed by atoms with Gasteiger partial charge in [-0.3, -0.25) is 4.68 Å². The molecule has 0 unspecified atom stereocenters. The molecule has 0 aliphatic rings. The number of halogens is 2. The van der Waals surface area contributed by atoms with Crippen LogP contribution in [0.15, 0.2) is 42.5 Å². The molecule has 1 heterocycles. The Labute approximate surface area is 120 Å². The fourth-order valence-electron chi connectivity index (χ4n) is 2.30. The second-order valence-corrected chi connectivity index (χ2v) is 4.95. The monoisotopic (exact) mass is 289 g/mol. The second-order valence-electron chi connectivity index (χ2n) is 4.54. The molecule has 0 fully saturated rings. The van der Waals surface area contributed by atoms with Gasteiger partial charge in [-0.05, 0) is 12.1 Å². The minimum absolute atomic E-state index is 0.123.